The van der Waals surface area contributed by atoms with Gasteiger partial charge in [-0.05, 0) is 42.5 Å². The molecule has 1 N–H and O–H groups in total. The van der Waals surface area contributed by atoms with Gasteiger partial charge in [-0.3, -0.25) is 10.1 Å². The van der Waals surface area contributed by atoms with Crippen molar-refractivity contribution >= 4 is 32.6 Å². The summed E-state index contributed by atoms with van der Waals surface area (Å²) in [6.45, 7) is 0. The molecule has 0 radical (unpaired) electrons. The van der Waals surface area contributed by atoms with E-state index in [1.807, 2.05) is 89.6 Å². The highest BCUT2D eigenvalue weighted by Gasteiger charge is 2.14. The third-order valence-electron chi connectivity index (χ3n) is 5.74. The lowest BCUT2D eigenvalue weighted by atomic mass is 10.1. The van der Waals surface area contributed by atoms with E-state index in [4.69, 9.17) is 5.10 Å². The number of fused-ring (bicyclic) bond motifs is 1. The molecule has 0 bridgehead atoms. The minimum absolute atomic E-state index is 0.190. The smallest absolute Gasteiger partial charge is 0.257 e. The van der Waals surface area contributed by atoms with Gasteiger partial charge in [0.05, 0.1) is 27.3 Å². The number of nitrogens with one attached hydrogen (secondary N) is 1. The molecule has 6 heteroatoms. The fourth-order valence-corrected chi connectivity index (χ4v) is 4.85. The first kappa shape index (κ1) is 21.0. The van der Waals surface area contributed by atoms with Gasteiger partial charge in [0.2, 0.25) is 0 Å². The summed E-state index contributed by atoms with van der Waals surface area (Å²) >= 11 is 1.46. The van der Waals surface area contributed by atoms with E-state index in [-0.39, 0.29) is 5.91 Å². The molecule has 168 valence electrons. The summed E-state index contributed by atoms with van der Waals surface area (Å²) in [6, 6.07) is 37.7. The second-order valence-corrected chi connectivity index (χ2v) is 9.08. The number of benzene rings is 4. The molecule has 1 amide bonds. The van der Waals surface area contributed by atoms with E-state index < -0.39 is 0 Å². The van der Waals surface area contributed by atoms with Crippen LogP contribution in [-0.2, 0) is 0 Å². The zero-order valence-electron chi connectivity index (χ0n) is 18.6. The fourth-order valence-electron chi connectivity index (χ4n) is 3.99. The van der Waals surface area contributed by atoms with E-state index in [1.54, 1.807) is 0 Å². The molecular formula is C29H20N4OS. The number of amides is 1. The molecule has 0 saturated heterocycles. The molecule has 0 aliphatic rings. The van der Waals surface area contributed by atoms with Crippen LogP contribution in [-0.4, -0.2) is 20.7 Å². The Hall–Kier alpha value is -4.55. The predicted molar refractivity (Wildman–Crippen MR) is 142 cm³/mol. The number of hydrogen-bond acceptors (Lipinski definition) is 4. The molecule has 0 saturated carbocycles. The molecule has 5 nitrogen and oxygen atoms in total. The lowest BCUT2D eigenvalue weighted by molar-refractivity contribution is 0.102. The maximum Gasteiger partial charge on any atom is 0.257 e. The SMILES string of the molecule is O=C(Nc1nc2ccccc2s1)c1ccc(-n2nc(-c3ccccc3)cc2-c2ccccc2)cc1. The minimum Gasteiger partial charge on any atom is -0.298 e. The largest absolute Gasteiger partial charge is 0.298 e. The Morgan fingerprint density at radius 1 is 0.743 bits per heavy atom. The summed E-state index contributed by atoms with van der Waals surface area (Å²) in [5.74, 6) is -0.190. The van der Waals surface area contributed by atoms with Gasteiger partial charge in [0.25, 0.3) is 5.91 Å². The Morgan fingerprint density at radius 3 is 2.11 bits per heavy atom. The molecule has 6 aromatic rings. The highest BCUT2D eigenvalue weighted by Crippen LogP contribution is 2.29. The van der Waals surface area contributed by atoms with Crippen LogP contribution in [0.15, 0.2) is 115 Å². The molecule has 2 heterocycles. The van der Waals surface area contributed by atoms with Gasteiger partial charge in [0, 0.05) is 16.7 Å². The van der Waals surface area contributed by atoms with Crippen LogP contribution in [0.25, 0.3) is 38.4 Å². The Bertz CT molecular complexity index is 1590. The first-order chi connectivity index (χ1) is 17.2. The van der Waals surface area contributed by atoms with E-state index in [2.05, 4.69) is 40.6 Å². The van der Waals surface area contributed by atoms with Crippen molar-refractivity contribution < 1.29 is 4.79 Å². The second-order valence-electron chi connectivity index (χ2n) is 8.05. The van der Waals surface area contributed by atoms with E-state index in [0.717, 1.165) is 38.4 Å². The third-order valence-corrected chi connectivity index (χ3v) is 6.69. The zero-order valence-corrected chi connectivity index (χ0v) is 19.4. The maximum absolute atomic E-state index is 12.8. The summed E-state index contributed by atoms with van der Waals surface area (Å²) in [5, 5.41) is 8.41. The Labute approximate surface area is 206 Å². The van der Waals surface area contributed by atoms with Crippen molar-refractivity contribution in [2.75, 3.05) is 5.32 Å². The molecule has 6 rings (SSSR count). The Balaban J connectivity index is 1.32. The molecular weight excluding hydrogens is 452 g/mol. The number of anilines is 1. The van der Waals surface area contributed by atoms with E-state index in [1.165, 1.54) is 11.3 Å². The van der Waals surface area contributed by atoms with Crippen molar-refractivity contribution in [2.24, 2.45) is 0 Å². The quantitative estimate of drug-likeness (QED) is 0.292. The maximum atomic E-state index is 12.8. The summed E-state index contributed by atoms with van der Waals surface area (Å²) < 4.78 is 2.96. The van der Waals surface area contributed by atoms with Gasteiger partial charge < -0.3 is 0 Å². The molecule has 0 atom stereocenters. The highest BCUT2D eigenvalue weighted by atomic mass is 32.1. The Morgan fingerprint density at radius 2 is 1.40 bits per heavy atom. The first-order valence-corrected chi connectivity index (χ1v) is 12.0. The van der Waals surface area contributed by atoms with Crippen molar-refractivity contribution in [3.63, 3.8) is 0 Å². The van der Waals surface area contributed by atoms with E-state index in [0.29, 0.717) is 10.7 Å². The summed E-state index contributed by atoms with van der Waals surface area (Å²) in [5.41, 5.74) is 6.31. The number of rotatable bonds is 5. The normalized spacial score (nSPS) is 11.0. The van der Waals surface area contributed by atoms with E-state index >= 15 is 0 Å². The molecule has 0 aliphatic carbocycles. The standard InChI is InChI=1S/C29H20N4OS/c34-28(31-29-30-24-13-7-8-14-27(24)35-29)22-15-17-23(18-16-22)33-26(21-11-5-2-6-12-21)19-25(32-33)20-9-3-1-4-10-20/h1-19H,(H,30,31,34). The lowest BCUT2D eigenvalue weighted by Crippen LogP contribution is -2.11. The molecule has 4 aromatic carbocycles. The number of aromatic nitrogens is 3. The average molecular weight is 473 g/mol. The van der Waals surface area contributed by atoms with Crippen LogP contribution in [0.5, 0.6) is 0 Å². The van der Waals surface area contributed by atoms with Gasteiger partial charge in [-0.2, -0.15) is 5.10 Å². The van der Waals surface area contributed by atoms with Crippen molar-refractivity contribution in [1.82, 2.24) is 14.8 Å². The monoisotopic (exact) mass is 472 g/mol. The van der Waals surface area contributed by atoms with Gasteiger partial charge in [-0.1, -0.05) is 84.1 Å². The number of para-hydroxylation sites is 1. The van der Waals surface area contributed by atoms with Crippen LogP contribution in [0.3, 0.4) is 0 Å². The van der Waals surface area contributed by atoms with Crippen LogP contribution < -0.4 is 5.32 Å². The van der Waals surface area contributed by atoms with Gasteiger partial charge in [-0.15, -0.1) is 0 Å². The van der Waals surface area contributed by atoms with Crippen molar-refractivity contribution in [2.45, 2.75) is 0 Å². The molecule has 35 heavy (non-hydrogen) atoms. The van der Waals surface area contributed by atoms with Crippen molar-refractivity contribution in [3.05, 3.63) is 121 Å². The minimum atomic E-state index is -0.190. The number of carbonyl (C=O) groups excluding carboxylic acids is 1. The van der Waals surface area contributed by atoms with Gasteiger partial charge in [0.15, 0.2) is 5.13 Å². The van der Waals surface area contributed by atoms with Crippen LogP contribution >= 0.6 is 11.3 Å². The van der Waals surface area contributed by atoms with Crippen LogP contribution in [0.4, 0.5) is 5.13 Å². The van der Waals surface area contributed by atoms with Crippen molar-refractivity contribution in [1.29, 1.82) is 0 Å². The van der Waals surface area contributed by atoms with Crippen LogP contribution in [0, 0.1) is 0 Å². The van der Waals surface area contributed by atoms with Gasteiger partial charge in [0.1, 0.15) is 0 Å². The average Bonchev–Trinajstić information content (AvgIpc) is 3.54. The number of thiazole rings is 1. The topological polar surface area (TPSA) is 59.8 Å². The number of carbonyl (C=O) groups is 1. The highest BCUT2D eigenvalue weighted by molar-refractivity contribution is 7.22. The van der Waals surface area contributed by atoms with Gasteiger partial charge >= 0.3 is 0 Å². The first-order valence-electron chi connectivity index (χ1n) is 11.2. The summed E-state index contributed by atoms with van der Waals surface area (Å²) in [7, 11) is 0. The summed E-state index contributed by atoms with van der Waals surface area (Å²) in [4.78, 5) is 17.3. The summed E-state index contributed by atoms with van der Waals surface area (Å²) in [6.07, 6.45) is 0. The number of nitrogens with zero attached hydrogens (tertiary/aromatic N) is 3. The van der Waals surface area contributed by atoms with Gasteiger partial charge in [-0.25, -0.2) is 9.67 Å². The van der Waals surface area contributed by atoms with Crippen LogP contribution in [0.1, 0.15) is 10.4 Å². The molecule has 0 fully saturated rings. The number of hydrogen-bond donors (Lipinski definition) is 1. The van der Waals surface area contributed by atoms with E-state index in [9.17, 15) is 4.79 Å². The second kappa shape index (κ2) is 9.00. The Kier molecular flexibility index (Phi) is 5.41. The third kappa shape index (κ3) is 4.23. The van der Waals surface area contributed by atoms with Crippen LogP contribution in [0.2, 0.25) is 0 Å². The fraction of sp³-hybridized carbons (Fsp3) is 0. The predicted octanol–water partition coefficient (Wildman–Crippen LogP) is 7.07. The zero-order chi connectivity index (χ0) is 23.6. The molecule has 0 aliphatic heterocycles. The van der Waals surface area contributed by atoms with Crippen molar-refractivity contribution in [3.8, 4) is 28.2 Å². The molecule has 0 spiro atoms. The lowest BCUT2D eigenvalue weighted by Gasteiger charge is -2.09. The molecule has 0 unspecified atom stereocenters. The molecule has 2 aromatic heterocycles.